The Morgan fingerprint density at radius 1 is 1.00 bits per heavy atom. The molecule has 25 heavy (non-hydrogen) atoms. The van der Waals surface area contributed by atoms with Crippen molar-refractivity contribution in [2.75, 3.05) is 39.3 Å². The minimum atomic E-state index is 0.663. The Kier molecular flexibility index (Phi) is 7.27. The van der Waals surface area contributed by atoms with Crippen LogP contribution in [0.25, 0.3) is 0 Å². The molecule has 2 fully saturated rings. The fourth-order valence-corrected chi connectivity index (χ4v) is 5.32. The molecule has 1 aromatic rings. The van der Waals surface area contributed by atoms with Crippen molar-refractivity contribution >= 4 is 11.8 Å². The van der Waals surface area contributed by atoms with Gasteiger partial charge in [-0.2, -0.15) is 0 Å². The van der Waals surface area contributed by atoms with E-state index in [1.54, 1.807) is 5.56 Å². The van der Waals surface area contributed by atoms with Gasteiger partial charge in [0.2, 0.25) is 0 Å². The molecule has 2 aliphatic heterocycles. The highest BCUT2D eigenvalue weighted by Gasteiger charge is 2.25. The van der Waals surface area contributed by atoms with Crippen molar-refractivity contribution in [2.24, 2.45) is 5.92 Å². The van der Waals surface area contributed by atoms with Crippen molar-refractivity contribution in [3.8, 4) is 0 Å². The number of piperidine rings is 2. The first-order valence-corrected chi connectivity index (χ1v) is 11.2. The number of benzene rings is 1. The molecular weight excluding hydrogens is 324 g/mol. The van der Waals surface area contributed by atoms with Crippen molar-refractivity contribution in [3.05, 3.63) is 29.8 Å². The van der Waals surface area contributed by atoms with Crippen LogP contribution < -0.4 is 0 Å². The van der Waals surface area contributed by atoms with Crippen molar-refractivity contribution in [1.82, 2.24) is 9.80 Å². The Morgan fingerprint density at radius 3 is 2.32 bits per heavy atom. The van der Waals surface area contributed by atoms with E-state index in [0.29, 0.717) is 5.25 Å². The molecule has 2 saturated heterocycles. The molecule has 0 amide bonds. The van der Waals surface area contributed by atoms with Crippen molar-refractivity contribution in [1.29, 1.82) is 0 Å². The first-order chi connectivity index (χ1) is 12.1. The van der Waals surface area contributed by atoms with Gasteiger partial charge in [-0.3, -0.25) is 0 Å². The molecule has 0 spiro atoms. The first kappa shape index (κ1) is 19.3. The number of nitrogens with zero attached hydrogens (tertiary/aromatic N) is 2. The zero-order valence-corrected chi connectivity index (χ0v) is 17.2. The molecule has 0 radical (unpaired) electrons. The van der Waals surface area contributed by atoms with Crippen LogP contribution in [0, 0.1) is 5.92 Å². The normalized spacial score (nSPS) is 21.9. The number of rotatable bonds is 6. The lowest BCUT2D eigenvalue weighted by Gasteiger charge is -2.37. The molecule has 0 aromatic heterocycles. The third-order valence-electron chi connectivity index (χ3n) is 5.96. The van der Waals surface area contributed by atoms with Gasteiger partial charge in [0.1, 0.15) is 0 Å². The summed E-state index contributed by atoms with van der Waals surface area (Å²) in [6, 6.07) is 9.33. The maximum absolute atomic E-state index is 2.75. The molecule has 3 rings (SSSR count). The minimum Gasteiger partial charge on any atom is -0.304 e. The zero-order chi connectivity index (χ0) is 17.6. The first-order valence-electron chi connectivity index (χ1n) is 10.4. The zero-order valence-electron chi connectivity index (χ0n) is 16.4. The van der Waals surface area contributed by atoms with Crippen LogP contribution in [-0.4, -0.2) is 54.3 Å². The molecule has 0 atom stereocenters. The summed E-state index contributed by atoms with van der Waals surface area (Å²) in [6.45, 7) is 14.6. The van der Waals surface area contributed by atoms with E-state index >= 15 is 0 Å². The lowest BCUT2D eigenvalue weighted by Crippen LogP contribution is -2.41. The highest BCUT2D eigenvalue weighted by atomic mass is 32.2. The molecule has 1 aromatic carbocycles. The van der Waals surface area contributed by atoms with E-state index in [0.717, 1.165) is 11.8 Å². The second-order valence-electron chi connectivity index (χ2n) is 8.19. The summed E-state index contributed by atoms with van der Waals surface area (Å²) < 4.78 is 0. The molecule has 2 heterocycles. The van der Waals surface area contributed by atoms with Crippen molar-refractivity contribution in [2.45, 2.75) is 62.5 Å². The van der Waals surface area contributed by atoms with Crippen LogP contribution in [0.3, 0.4) is 0 Å². The van der Waals surface area contributed by atoms with Gasteiger partial charge >= 0.3 is 0 Å². The van der Waals surface area contributed by atoms with Gasteiger partial charge in [0.25, 0.3) is 0 Å². The monoisotopic (exact) mass is 360 g/mol. The smallest absolute Gasteiger partial charge is 0.00774 e. The SMILES string of the molecule is CCN1CCC(CN2CCC(c3cccc(SC(C)C)c3)CC2)CC1. The topological polar surface area (TPSA) is 6.48 Å². The Morgan fingerprint density at radius 2 is 1.68 bits per heavy atom. The summed E-state index contributed by atoms with van der Waals surface area (Å²) >= 11 is 1.99. The standard InChI is InChI=1S/C22H36N2S/c1-4-23-12-8-19(9-13-23)17-24-14-10-20(11-15-24)21-6-5-7-22(16-21)25-18(2)3/h5-7,16,18-20H,4,8-15,17H2,1-3H3. The van der Waals surface area contributed by atoms with Crippen molar-refractivity contribution in [3.63, 3.8) is 0 Å². The molecule has 0 N–H and O–H groups in total. The third kappa shape index (κ3) is 5.74. The lowest BCUT2D eigenvalue weighted by atomic mass is 9.88. The Hall–Kier alpha value is -0.510. The number of thioether (sulfide) groups is 1. The highest BCUT2D eigenvalue weighted by molar-refractivity contribution is 7.99. The Bertz CT molecular complexity index is 515. The molecule has 0 bridgehead atoms. The second-order valence-corrected chi connectivity index (χ2v) is 9.84. The quantitative estimate of drug-likeness (QED) is 0.652. The van der Waals surface area contributed by atoms with Gasteiger partial charge in [-0.25, -0.2) is 0 Å². The lowest BCUT2D eigenvalue weighted by molar-refractivity contribution is 0.130. The number of hydrogen-bond donors (Lipinski definition) is 0. The molecular formula is C22H36N2S. The summed E-state index contributed by atoms with van der Waals surface area (Å²) in [7, 11) is 0. The van der Waals surface area contributed by atoms with Crippen molar-refractivity contribution < 1.29 is 0 Å². The van der Waals surface area contributed by atoms with Crippen LogP contribution in [0.1, 0.15) is 57.9 Å². The van der Waals surface area contributed by atoms with Crippen LogP contribution >= 0.6 is 11.8 Å². The van der Waals surface area contributed by atoms with Crippen LogP contribution in [0.2, 0.25) is 0 Å². The minimum absolute atomic E-state index is 0.663. The summed E-state index contributed by atoms with van der Waals surface area (Å²) in [6.07, 6.45) is 5.48. The van der Waals surface area contributed by atoms with Gasteiger partial charge in [-0.15, -0.1) is 11.8 Å². The largest absolute Gasteiger partial charge is 0.304 e. The second kappa shape index (κ2) is 9.43. The Labute approximate surface area is 159 Å². The van der Waals surface area contributed by atoms with E-state index in [4.69, 9.17) is 0 Å². The maximum atomic E-state index is 2.75. The number of likely N-dealkylation sites (tertiary alicyclic amines) is 2. The fraction of sp³-hybridized carbons (Fsp3) is 0.727. The van der Waals surface area contributed by atoms with E-state index in [1.165, 1.54) is 69.8 Å². The molecule has 0 unspecified atom stereocenters. The van der Waals surface area contributed by atoms with Gasteiger partial charge < -0.3 is 9.80 Å². The maximum Gasteiger partial charge on any atom is 0.00774 e. The van der Waals surface area contributed by atoms with E-state index in [9.17, 15) is 0 Å². The predicted octanol–water partition coefficient (Wildman–Crippen LogP) is 5.10. The third-order valence-corrected chi connectivity index (χ3v) is 6.96. The van der Waals surface area contributed by atoms with Crippen LogP contribution in [0.5, 0.6) is 0 Å². The van der Waals surface area contributed by atoms with Crippen LogP contribution in [0.4, 0.5) is 0 Å². The van der Waals surface area contributed by atoms with Gasteiger partial charge in [-0.1, -0.05) is 32.9 Å². The summed E-state index contributed by atoms with van der Waals surface area (Å²) in [5.41, 5.74) is 1.57. The van der Waals surface area contributed by atoms with E-state index < -0.39 is 0 Å². The molecule has 0 aliphatic carbocycles. The Balaban J connectivity index is 1.46. The van der Waals surface area contributed by atoms with Gasteiger partial charge in [-0.05, 0) is 87.9 Å². The molecule has 2 nitrogen and oxygen atoms in total. The van der Waals surface area contributed by atoms with E-state index in [1.807, 2.05) is 11.8 Å². The highest BCUT2D eigenvalue weighted by Crippen LogP contribution is 2.32. The average molecular weight is 361 g/mol. The molecule has 0 saturated carbocycles. The van der Waals surface area contributed by atoms with Crippen LogP contribution in [-0.2, 0) is 0 Å². The van der Waals surface area contributed by atoms with Gasteiger partial charge in [0.15, 0.2) is 0 Å². The average Bonchev–Trinajstić information content (AvgIpc) is 2.63. The summed E-state index contributed by atoms with van der Waals surface area (Å²) in [5, 5.41) is 0.663. The van der Waals surface area contributed by atoms with E-state index in [2.05, 4.69) is 54.8 Å². The van der Waals surface area contributed by atoms with Crippen LogP contribution in [0.15, 0.2) is 29.2 Å². The fourth-order valence-electron chi connectivity index (χ4n) is 4.41. The molecule has 2 aliphatic rings. The summed E-state index contributed by atoms with van der Waals surface area (Å²) in [5.74, 6) is 1.70. The number of hydrogen-bond acceptors (Lipinski definition) is 3. The summed E-state index contributed by atoms with van der Waals surface area (Å²) in [4.78, 5) is 6.79. The van der Waals surface area contributed by atoms with E-state index in [-0.39, 0.29) is 0 Å². The van der Waals surface area contributed by atoms with Gasteiger partial charge in [0, 0.05) is 16.7 Å². The molecule has 3 heteroatoms. The molecule has 140 valence electrons. The van der Waals surface area contributed by atoms with Gasteiger partial charge in [0.05, 0.1) is 0 Å². The predicted molar refractivity (Wildman–Crippen MR) is 111 cm³/mol.